The molecule has 2 N–H and O–H groups in total. The highest BCUT2D eigenvalue weighted by atomic mass is 16.4. The molecule has 0 aromatic heterocycles. The fraction of sp³-hybridized carbons (Fsp3) is 0.857. The molecule has 10 heavy (non-hydrogen) atoms. The number of hydrogen-bond donors (Lipinski definition) is 2. The van der Waals surface area contributed by atoms with E-state index in [-0.39, 0.29) is 6.10 Å². The maximum atomic E-state index is 9.00. The molecule has 3 heteroatoms. The summed E-state index contributed by atoms with van der Waals surface area (Å²) in [6.45, 7) is 3.24. The molecule has 60 valence electrons. The second-order valence-electron chi connectivity index (χ2n) is 2.75. The van der Waals surface area contributed by atoms with E-state index in [1.807, 2.05) is 0 Å². The Kier molecular flexibility index (Phi) is 4.03. The van der Waals surface area contributed by atoms with Crippen LogP contribution in [0.3, 0.4) is 0 Å². The lowest BCUT2D eigenvalue weighted by molar-refractivity contribution is -0.134. The number of carboxylic acids is 1. The van der Waals surface area contributed by atoms with Crippen LogP contribution in [-0.2, 0) is 4.79 Å². The van der Waals surface area contributed by atoms with Crippen molar-refractivity contribution in [1.82, 2.24) is 0 Å². The molecule has 1 fully saturated rings. The van der Waals surface area contributed by atoms with Crippen molar-refractivity contribution in [3.8, 4) is 0 Å². The van der Waals surface area contributed by atoms with Crippen LogP contribution in [0.5, 0.6) is 0 Å². The molecule has 0 spiro atoms. The van der Waals surface area contributed by atoms with Gasteiger partial charge in [-0.05, 0) is 18.8 Å². The molecule has 0 amide bonds. The van der Waals surface area contributed by atoms with E-state index >= 15 is 0 Å². The summed E-state index contributed by atoms with van der Waals surface area (Å²) in [5, 5.41) is 16.0. The zero-order valence-corrected chi connectivity index (χ0v) is 6.37. The van der Waals surface area contributed by atoms with Crippen molar-refractivity contribution < 1.29 is 15.0 Å². The van der Waals surface area contributed by atoms with Crippen LogP contribution in [0, 0.1) is 5.92 Å². The average molecular weight is 146 g/mol. The molecular formula is C7H14O3. The highest BCUT2D eigenvalue weighted by Crippen LogP contribution is 2.25. The lowest BCUT2D eigenvalue weighted by atomic mass is 9.84. The number of aliphatic carboxylic acids is 1. The van der Waals surface area contributed by atoms with Crippen molar-refractivity contribution in [1.29, 1.82) is 0 Å². The Bertz CT molecular complexity index is 95.4. The first-order valence-corrected chi connectivity index (χ1v) is 3.40. The minimum atomic E-state index is -0.833. The molecule has 0 saturated heterocycles. The summed E-state index contributed by atoms with van der Waals surface area (Å²) >= 11 is 0. The lowest BCUT2D eigenvalue weighted by Crippen LogP contribution is -2.25. The van der Waals surface area contributed by atoms with Crippen molar-refractivity contribution in [2.45, 2.75) is 32.8 Å². The topological polar surface area (TPSA) is 57.5 Å². The molecule has 0 unspecified atom stereocenters. The Morgan fingerprint density at radius 2 is 1.80 bits per heavy atom. The largest absolute Gasteiger partial charge is 0.481 e. The molecule has 0 aromatic rings. The van der Waals surface area contributed by atoms with Crippen LogP contribution >= 0.6 is 0 Å². The third-order valence-corrected chi connectivity index (χ3v) is 1.35. The highest BCUT2D eigenvalue weighted by Gasteiger charge is 2.21. The first-order valence-electron chi connectivity index (χ1n) is 3.40. The van der Waals surface area contributed by atoms with Gasteiger partial charge < -0.3 is 10.2 Å². The number of rotatable bonds is 0. The van der Waals surface area contributed by atoms with Gasteiger partial charge in [-0.15, -0.1) is 0 Å². The molecule has 0 aromatic carbocycles. The molecular weight excluding hydrogens is 132 g/mol. The van der Waals surface area contributed by atoms with Crippen molar-refractivity contribution >= 4 is 5.97 Å². The van der Waals surface area contributed by atoms with Gasteiger partial charge in [0.15, 0.2) is 0 Å². The van der Waals surface area contributed by atoms with Gasteiger partial charge >= 0.3 is 0 Å². The summed E-state index contributed by atoms with van der Waals surface area (Å²) in [7, 11) is 0. The van der Waals surface area contributed by atoms with Gasteiger partial charge in [0.1, 0.15) is 0 Å². The number of hydrogen-bond acceptors (Lipinski definition) is 2. The van der Waals surface area contributed by atoms with Crippen LogP contribution in [0.1, 0.15) is 26.7 Å². The third kappa shape index (κ3) is 5.56. The smallest absolute Gasteiger partial charge is 0.300 e. The summed E-state index contributed by atoms with van der Waals surface area (Å²) in [5.74, 6) is -0.0417. The molecule has 0 heterocycles. The SMILES string of the molecule is CC(=O)O.CC1CC(O)C1. The van der Waals surface area contributed by atoms with E-state index < -0.39 is 5.97 Å². The van der Waals surface area contributed by atoms with E-state index in [1.54, 1.807) is 0 Å². The fourth-order valence-electron chi connectivity index (χ4n) is 0.860. The van der Waals surface area contributed by atoms with Crippen LogP contribution < -0.4 is 0 Å². The third-order valence-electron chi connectivity index (χ3n) is 1.35. The summed E-state index contributed by atoms with van der Waals surface area (Å²) in [4.78, 5) is 9.00. The van der Waals surface area contributed by atoms with Crippen LogP contribution in [-0.4, -0.2) is 22.3 Å². The minimum Gasteiger partial charge on any atom is -0.481 e. The minimum absolute atomic E-state index is 0.0417. The predicted molar refractivity (Wildman–Crippen MR) is 37.7 cm³/mol. The second-order valence-corrected chi connectivity index (χ2v) is 2.75. The Balaban J connectivity index is 0.000000180. The molecule has 1 aliphatic carbocycles. The maximum Gasteiger partial charge on any atom is 0.300 e. The first-order chi connectivity index (χ1) is 4.52. The van der Waals surface area contributed by atoms with E-state index in [2.05, 4.69) is 6.92 Å². The molecule has 0 radical (unpaired) electrons. The van der Waals surface area contributed by atoms with E-state index in [0.717, 1.165) is 25.7 Å². The summed E-state index contributed by atoms with van der Waals surface area (Å²) in [6, 6.07) is 0. The molecule has 0 bridgehead atoms. The number of aliphatic hydroxyl groups excluding tert-OH is 1. The van der Waals surface area contributed by atoms with Gasteiger partial charge in [0.05, 0.1) is 6.10 Å². The van der Waals surface area contributed by atoms with Gasteiger partial charge in [0.2, 0.25) is 0 Å². The number of aliphatic hydroxyl groups is 1. The zero-order valence-electron chi connectivity index (χ0n) is 6.37. The first kappa shape index (κ1) is 9.43. The average Bonchev–Trinajstić information content (AvgIpc) is 1.60. The quantitative estimate of drug-likeness (QED) is 0.533. The van der Waals surface area contributed by atoms with E-state index in [0.29, 0.717) is 0 Å². The summed E-state index contributed by atoms with van der Waals surface area (Å²) < 4.78 is 0. The second kappa shape index (κ2) is 4.28. The normalized spacial score (nSPS) is 29.5. The van der Waals surface area contributed by atoms with Gasteiger partial charge in [-0.1, -0.05) is 6.92 Å². The molecule has 3 nitrogen and oxygen atoms in total. The van der Waals surface area contributed by atoms with Crippen LogP contribution in [0.15, 0.2) is 0 Å². The van der Waals surface area contributed by atoms with E-state index in [1.165, 1.54) is 0 Å². The van der Waals surface area contributed by atoms with Crippen molar-refractivity contribution in [3.05, 3.63) is 0 Å². The van der Waals surface area contributed by atoms with Crippen molar-refractivity contribution in [2.24, 2.45) is 5.92 Å². The summed E-state index contributed by atoms with van der Waals surface area (Å²) in [6.07, 6.45) is 2.10. The van der Waals surface area contributed by atoms with Crippen molar-refractivity contribution in [3.63, 3.8) is 0 Å². The van der Waals surface area contributed by atoms with Gasteiger partial charge in [-0.3, -0.25) is 4.79 Å². The highest BCUT2D eigenvalue weighted by molar-refractivity contribution is 5.62. The standard InChI is InChI=1S/C5H10O.C2H4O2/c1-4-2-5(6)3-4;1-2(3)4/h4-6H,2-3H2,1H3;1H3,(H,3,4). The molecule has 0 atom stereocenters. The number of carbonyl (C=O) groups is 1. The summed E-state index contributed by atoms with van der Waals surface area (Å²) in [5.41, 5.74) is 0. The monoisotopic (exact) mass is 146 g/mol. The van der Waals surface area contributed by atoms with E-state index in [4.69, 9.17) is 15.0 Å². The van der Waals surface area contributed by atoms with Gasteiger partial charge in [0, 0.05) is 6.92 Å². The Morgan fingerprint density at radius 1 is 1.50 bits per heavy atom. The predicted octanol–water partition coefficient (Wildman–Crippen LogP) is 0.868. The molecule has 0 aliphatic heterocycles. The Morgan fingerprint density at radius 3 is 1.80 bits per heavy atom. The molecule has 1 aliphatic rings. The van der Waals surface area contributed by atoms with Gasteiger partial charge in [0.25, 0.3) is 5.97 Å². The molecule has 1 saturated carbocycles. The Labute approximate surface area is 60.7 Å². The number of carboxylic acid groups (broad SMARTS) is 1. The van der Waals surface area contributed by atoms with Crippen LogP contribution in [0.25, 0.3) is 0 Å². The molecule has 1 rings (SSSR count). The zero-order chi connectivity index (χ0) is 8.15. The van der Waals surface area contributed by atoms with Crippen LogP contribution in [0.4, 0.5) is 0 Å². The fourth-order valence-corrected chi connectivity index (χ4v) is 0.860. The van der Waals surface area contributed by atoms with Crippen LogP contribution in [0.2, 0.25) is 0 Å². The lowest BCUT2D eigenvalue weighted by Gasteiger charge is -2.27. The van der Waals surface area contributed by atoms with Crippen molar-refractivity contribution in [2.75, 3.05) is 0 Å². The van der Waals surface area contributed by atoms with Gasteiger partial charge in [-0.2, -0.15) is 0 Å². The maximum absolute atomic E-state index is 9.00. The van der Waals surface area contributed by atoms with E-state index in [9.17, 15) is 0 Å². The Hall–Kier alpha value is -0.570. The van der Waals surface area contributed by atoms with Gasteiger partial charge in [-0.25, -0.2) is 0 Å².